The number of para-hydroxylation sites is 1. The van der Waals surface area contributed by atoms with Gasteiger partial charge in [0.1, 0.15) is 5.75 Å². The van der Waals surface area contributed by atoms with Crippen LogP contribution in [0.5, 0.6) is 5.75 Å². The van der Waals surface area contributed by atoms with Crippen molar-refractivity contribution in [2.75, 3.05) is 6.61 Å². The summed E-state index contributed by atoms with van der Waals surface area (Å²) in [5.74, 6) is 0.189. The number of benzene rings is 1. The normalized spacial score (nSPS) is 16.3. The molecular formula is C14H15ClN2O2. The van der Waals surface area contributed by atoms with E-state index in [0.29, 0.717) is 10.8 Å². The van der Waals surface area contributed by atoms with Gasteiger partial charge in [0.15, 0.2) is 6.61 Å². The zero-order chi connectivity index (χ0) is 13.7. The number of ether oxygens (including phenoxy) is 1. The van der Waals surface area contributed by atoms with Crippen LogP contribution in [0.3, 0.4) is 0 Å². The Kier molecular flexibility index (Phi) is 4.58. The monoisotopic (exact) mass is 278 g/mol. The van der Waals surface area contributed by atoms with E-state index >= 15 is 0 Å². The maximum Gasteiger partial charge on any atom is 0.277 e. The Labute approximate surface area is 117 Å². The molecular weight excluding hydrogens is 264 g/mol. The molecule has 0 bridgehead atoms. The molecule has 2 rings (SSSR count). The number of nitrogens with zero attached hydrogens (tertiary/aromatic N) is 1. The third kappa shape index (κ3) is 4.10. The molecule has 0 unspecified atom stereocenters. The van der Waals surface area contributed by atoms with Gasteiger partial charge in [-0.1, -0.05) is 29.3 Å². The quantitative estimate of drug-likeness (QED) is 0.861. The van der Waals surface area contributed by atoms with Crippen molar-refractivity contribution >= 4 is 23.2 Å². The molecule has 1 aliphatic rings. The van der Waals surface area contributed by atoms with E-state index in [1.165, 1.54) is 5.57 Å². The molecule has 0 heterocycles. The molecule has 1 N–H and O–H groups in total. The molecule has 0 saturated heterocycles. The number of nitrogens with one attached hydrogen (secondary N) is 1. The van der Waals surface area contributed by atoms with Crippen LogP contribution < -0.4 is 10.2 Å². The summed E-state index contributed by atoms with van der Waals surface area (Å²) in [5, 5.41) is 4.52. The molecule has 0 saturated carbocycles. The van der Waals surface area contributed by atoms with Crippen molar-refractivity contribution in [1.29, 1.82) is 0 Å². The third-order valence-corrected chi connectivity index (χ3v) is 3.02. The summed E-state index contributed by atoms with van der Waals surface area (Å²) in [6, 6.07) is 7.02. The Morgan fingerprint density at radius 2 is 2.21 bits per heavy atom. The van der Waals surface area contributed by atoms with Gasteiger partial charge in [-0.2, -0.15) is 5.10 Å². The molecule has 19 heavy (non-hydrogen) atoms. The maximum absolute atomic E-state index is 11.6. The summed E-state index contributed by atoms with van der Waals surface area (Å²) in [5.41, 5.74) is 4.64. The van der Waals surface area contributed by atoms with Gasteiger partial charge in [0.25, 0.3) is 5.91 Å². The molecule has 0 atom stereocenters. The van der Waals surface area contributed by atoms with E-state index in [1.54, 1.807) is 24.3 Å². The standard InChI is InChI=1S/C14H15ClN2O2/c1-10-6-7-11(8-10)16-17-14(18)9-19-13-5-3-2-4-12(13)15/h2-5,8H,6-7,9H2,1H3,(H,17,18)/b16-11-. The van der Waals surface area contributed by atoms with Crippen molar-refractivity contribution < 1.29 is 9.53 Å². The molecule has 1 aromatic rings. The van der Waals surface area contributed by atoms with Gasteiger partial charge < -0.3 is 4.74 Å². The fraction of sp³-hybridized carbons (Fsp3) is 0.286. The second-order valence-corrected chi connectivity index (χ2v) is 4.76. The molecule has 0 spiro atoms. The molecule has 1 aromatic carbocycles. The number of hydrogen-bond donors (Lipinski definition) is 1. The Morgan fingerprint density at radius 1 is 1.42 bits per heavy atom. The SMILES string of the molecule is CC1=C/C(=N\NC(=O)COc2ccccc2Cl)CC1. The highest BCUT2D eigenvalue weighted by Crippen LogP contribution is 2.22. The van der Waals surface area contributed by atoms with Crippen molar-refractivity contribution in [3.63, 3.8) is 0 Å². The zero-order valence-electron chi connectivity index (χ0n) is 10.6. The molecule has 4 nitrogen and oxygen atoms in total. The first-order valence-electron chi connectivity index (χ1n) is 6.05. The number of rotatable bonds is 4. The van der Waals surface area contributed by atoms with Gasteiger partial charge >= 0.3 is 0 Å². The summed E-state index contributed by atoms with van der Waals surface area (Å²) in [6.07, 6.45) is 3.86. The second-order valence-electron chi connectivity index (χ2n) is 4.35. The Morgan fingerprint density at radius 3 is 2.89 bits per heavy atom. The van der Waals surface area contributed by atoms with Crippen LogP contribution in [0.2, 0.25) is 5.02 Å². The van der Waals surface area contributed by atoms with Crippen LogP contribution >= 0.6 is 11.6 Å². The predicted molar refractivity (Wildman–Crippen MR) is 75.5 cm³/mol. The number of hydrazone groups is 1. The number of allylic oxidation sites excluding steroid dienone is 2. The molecule has 0 radical (unpaired) electrons. The fourth-order valence-electron chi connectivity index (χ4n) is 1.71. The lowest BCUT2D eigenvalue weighted by Crippen LogP contribution is -2.25. The summed E-state index contributed by atoms with van der Waals surface area (Å²) in [4.78, 5) is 11.6. The molecule has 0 aromatic heterocycles. The topological polar surface area (TPSA) is 50.7 Å². The Balaban J connectivity index is 1.81. The lowest BCUT2D eigenvalue weighted by Gasteiger charge is -2.06. The number of amides is 1. The highest BCUT2D eigenvalue weighted by Gasteiger charge is 2.08. The maximum atomic E-state index is 11.6. The second kappa shape index (κ2) is 6.38. The van der Waals surface area contributed by atoms with E-state index in [2.05, 4.69) is 10.5 Å². The van der Waals surface area contributed by atoms with E-state index in [-0.39, 0.29) is 12.5 Å². The number of hydrogen-bond acceptors (Lipinski definition) is 3. The average molecular weight is 279 g/mol. The van der Waals surface area contributed by atoms with Crippen LogP contribution in [-0.2, 0) is 4.79 Å². The summed E-state index contributed by atoms with van der Waals surface area (Å²) < 4.78 is 5.31. The van der Waals surface area contributed by atoms with Gasteiger partial charge in [0, 0.05) is 0 Å². The van der Waals surface area contributed by atoms with E-state index in [9.17, 15) is 4.79 Å². The van der Waals surface area contributed by atoms with Crippen LogP contribution in [0.15, 0.2) is 41.0 Å². The molecule has 5 heteroatoms. The first-order valence-corrected chi connectivity index (χ1v) is 6.43. The summed E-state index contributed by atoms with van der Waals surface area (Å²) in [7, 11) is 0. The average Bonchev–Trinajstić information content (AvgIpc) is 2.81. The lowest BCUT2D eigenvalue weighted by atomic mass is 10.3. The summed E-state index contributed by atoms with van der Waals surface area (Å²) >= 11 is 5.91. The van der Waals surface area contributed by atoms with Crippen molar-refractivity contribution in [2.45, 2.75) is 19.8 Å². The predicted octanol–water partition coefficient (Wildman–Crippen LogP) is 2.93. The van der Waals surface area contributed by atoms with E-state index < -0.39 is 0 Å². The van der Waals surface area contributed by atoms with E-state index in [4.69, 9.17) is 16.3 Å². The van der Waals surface area contributed by atoms with Gasteiger partial charge in [0.05, 0.1) is 10.7 Å². The van der Waals surface area contributed by atoms with Crippen molar-refractivity contribution in [3.8, 4) is 5.75 Å². The fourth-order valence-corrected chi connectivity index (χ4v) is 1.90. The van der Waals surface area contributed by atoms with Gasteiger partial charge in [0.2, 0.25) is 0 Å². The Hall–Kier alpha value is -1.81. The third-order valence-electron chi connectivity index (χ3n) is 2.71. The van der Waals surface area contributed by atoms with Crippen molar-refractivity contribution in [3.05, 3.63) is 40.9 Å². The first kappa shape index (κ1) is 13.6. The number of carbonyl (C=O) groups is 1. The minimum atomic E-state index is -0.301. The first-order chi connectivity index (χ1) is 9.15. The van der Waals surface area contributed by atoms with E-state index in [0.717, 1.165) is 18.6 Å². The van der Waals surface area contributed by atoms with Crippen LogP contribution in [0.1, 0.15) is 19.8 Å². The van der Waals surface area contributed by atoms with Gasteiger partial charge in [-0.3, -0.25) is 4.79 Å². The molecule has 0 aliphatic heterocycles. The van der Waals surface area contributed by atoms with Gasteiger partial charge in [-0.25, -0.2) is 5.43 Å². The van der Waals surface area contributed by atoms with Crippen LogP contribution in [-0.4, -0.2) is 18.2 Å². The van der Waals surface area contributed by atoms with Crippen LogP contribution in [0, 0.1) is 0 Å². The van der Waals surface area contributed by atoms with Crippen LogP contribution in [0.4, 0.5) is 0 Å². The van der Waals surface area contributed by atoms with Crippen LogP contribution in [0.25, 0.3) is 0 Å². The Bertz CT molecular complexity index is 538. The minimum Gasteiger partial charge on any atom is -0.482 e. The smallest absolute Gasteiger partial charge is 0.277 e. The minimum absolute atomic E-state index is 0.108. The largest absolute Gasteiger partial charge is 0.482 e. The highest BCUT2D eigenvalue weighted by molar-refractivity contribution is 6.32. The van der Waals surface area contributed by atoms with E-state index in [1.807, 2.05) is 13.0 Å². The lowest BCUT2D eigenvalue weighted by molar-refractivity contribution is -0.123. The zero-order valence-corrected chi connectivity index (χ0v) is 11.4. The van der Waals surface area contributed by atoms with Crippen molar-refractivity contribution in [1.82, 2.24) is 5.43 Å². The van der Waals surface area contributed by atoms with Gasteiger partial charge in [-0.05, 0) is 38.0 Å². The summed E-state index contributed by atoms with van der Waals surface area (Å²) in [6.45, 7) is 1.94. The molecule has 100 valence electrons. The highest BCUT2D eigenvalue weighted by atomic mass is 35.5. The number of halogens is 1. The number of carbonyl (C=O) groups excluding carboxylic acids is 1. The molecule has 0 fully saturated rings. The van der Waals surface area contributed by atoms with Crippen molar-refractivity contribution in [2.24, 2.45) is 5.10 Å². The van der Waals surface area contributed by atoms with Gasteiger partial charge in [-0.15, -0.1) is 0 Å². The molecule has 1 aliphatic carbocycles. The molecule has 1 amide bonds.